The minimum Gasteiger partial charge on any atom is -0.466 e. The Morgan fingerprint density at radius 3 is 2.19 bits per heavy atom. The number of hydrogen-bond acceptors (Lipinski definition) is 6. The molecule has 0 aliphatic rings. The second-order valence-electron chi connectivity index (χ2n) is 6.49. The maximum atomic E-state index is 12.7. The van der Waals surface area contributed by atoms with E-state index >= 15 is 0 Å². The first-order chi connectivity index (χ1) is 14.8. The van der Waals surface area contributed by atoms with E-state index in [2.05, 4.69) is 10.6 Å². The van der Waals surface area contributed by atoms with Crippen LogP contribution in [0.5, 0.6) is 5.75 Å². The zero-order valence-electron chi connectivity index (χ0n) is 17.3. The fraction of sp³-hybridized carbons (Fsp3) is 0.217. The predicted octanol–water partition coefficient (Wildman–Crippen LogP) is 2.45. The predicted molar refractivity (Wildman–Crippen MR) is 114 cm³/mol. The maximum Gasteiger partial charge on any atom is 0.308 e. The average Bonchev–Trinajstić information content (AvgIpc) is 2.74. The van der Waals surface area contributed by atoms with Crippen LogP contribution in [0.3, 0.4) is 0 Å². The number of benzene rings is 2. The van der Waals surface area contributed by atoms with Crippen molar-refractivity contribution in [3.63, 3.8) is 0 Å². The highest BCUT2D eigenvalue weighted by Gasteiger charge is 2.14. The molecule has 0 aliphatic carbocycles. The van der Waals surface area contributed by atoms with Crippen molar-refractivity contribution in [1.29, 1.82) is 0 Å². The molecule has 0 aromatic heterocycles. The first kappa shape index (κ1) is 23.3. The molecule has 2 aromatic rings. The van der Waals surface area contributed by atoms with Crippen LogP contribution in [0.4, 0.5) is 0 Å². The van der Waals surface area contributed by atoms with E-state index in [-0.39, 0.29) is 24.8 Å². The van der Waals surface area contributed by atoms with Gasteiger partial charge in [0.1, 0.15) is 11.4 Å². The lowest BCUT2D eigenvalue weighted by atomic mass is 10.1. The standard InChI is InChI=1S/C23H24N2O6/c1-16(26)30-14-6-13-24-23(29)21(25-22(28)19-7-4-3-5-8-19)15-18-9-11-20(12-10-18)31-17(2)27/h3-5,7-12,15H,6,13-14H2,1-2H3,(H,24,29)(H,25,28)/b21-15-. The number of hydrogen-bond donors (Lipinski definition) is 2. The number of carbonyl (C=O) groups excluding carboxylic acids is 4. The Labute approximate surface area is 180 Å². The van der Waals surface area contributed by atoms with E-state index in [1.165, 1.54) is 19.9 Å². The normalized spacial score (nSPS) is 10.7. The fourth-order valence-electron chi connectivity index (χ4n) is 2.49. The van der Waals surface area contributed by atoms with E-state index < -0.39 is 17.8 Å². The quantitative estimate of drug-likeness (QED) is 0.277. The van der Waals surface area contributed by atoms with Gasteiger partial charge in [-0.1, -0.05) is 30.3 Å². The van der Waals surface area contributed by atoms with Crippen LogP contribution in [-0.4, -0.2) is 36.9 Å². The lowest BCUT2D eigenvalue weighted by molar-refractivity contribution is -0.141. The Morgan fingerprint density at radius 1 is 0.903 bits per heavy atom. The van der Waals surface area contributed by atoms with Gasteiger partial charge in [-0.05, 0) is 42.3 Å². The smallest absolute Gasteiger partial charge is 0.308 e. The third-order valence-electron chi connectivity index (χ3n) is 3.89. The molecule has 31 heavy (non-hydrogen) atoms. The molecule has 0 radical (unpaired) electrons. The van der Waals surface area contributed by atoms with Crippen molar-refractivity contribution in [2.24, 2.45) is 0 Å². The van der Waals surface area contributed by atoms with Crippen LogP contribution in [-0.2, 0) is 19.1 Å². The van der Waals surface area contributed by atoms with Crippen LogP contribution in [0.15, 0.2) is 60.3 Å². The number of esters is 2. The summed E-state index contributed by atoms with van der Waals surface area (Å²) in [7, 11) is 0. The molecular weight excluding hydrogens is 400 g/mol. The number of ether oxygens (including phenoxy) is 2. The maximum absolute atomic E-state index is 12.7. The number of amides is 2. The summed E-state index contributed by atoms with van der Waals surface area (Å²) in [5.41, 5.74) is 1.07. The fourth-order valence-corrected chi connectivity index (χ4v) is 2.49. The van der Waals surface area contributed by atoms with Gasteiger partial charge in [-0.2, -0.15) is 0 Å². The monoisotopic (exact) mass is 424 g/mol. The first-order valence-electron chi connectivity index (χ1n) is 9.63. The molecule has 0 unspecified atom stereocenters. The van der Waals surface area contributed by atoms with E-state index in [0.29, 0.717) is 23.3 Å². The number of rotatable bonds is 9. The van der Waals surface area contributed by atoms with E-state index in [9.17, 15) is 19.2 Å². The van der Waals surface area contributed by atoms with Crippen LogP contribution in [0.1, 0.15) is 36.2 Å². The van der Waals surface area contributed by atoms with Gasteiger partial charge in [0.05, 0.1) is 6.61 Å². The van der Waals surface area contributed by atoms with E-state index in [4.69, 9.17) is 9.47 Å². The SMILES string of the molecule is CC(=O)OCCCNC(=O)/C(=C/c1ccc(OC(C)=O)cc1)NC(=O)c1ccccc1. The summed E-state index contributed by atoms with van der Waals surface area (Å²) < 4.78 is 9.82. The Bertz CT molecular complexity index is 952. The summed E-state index contributed by atoms with van der Waals surface area (Å²) in [4.78, 5) is 47.0. The summed E-state index contributed by atoms with van der Waals surface area (Å²) in [5, 5.41) is 5.32. The lowest BCUT2D eigenvalue weighted by Gasteiger charge is -2.11. The third-order valence-corrected chi connectivity index (χ3v) is 3.89. The molecule has 0 saturated carbocycles. The van der Waals surface area contributed by atoms with Crippen LogP contribution in [0, 0.1) is 0 Å². The molecular formula is C23H24N2O6. The summed E-state index contributed by atoms with van der Waals surface area (Å²) in [5.74, 6) is -1.38. The van der Waals surface area contributed by atoms with Crippen molar-refractivity contribution in [3.8, 4) is 5.75 Å². The molecule has 8 heteroatoms. The van der Waals surface area contributed by atoms with Crippen molar-refractivity contribution in [1.82, 2.24) is 10.6 Å². The minimum atomic E-state index is -0.490. The highest BCUT2D eigenvalue weighted by atomic mass is 16.5. The van der Waals surface area contributed by atoms with Crippen LogP contribution >= 0.6 is 0 Å². The van der Waals surface area contributed by atoms with Crippen molar-refractivity contribution < 1.29 is 28.7 Å². The molecule has 0 atom stereocenters. The van der Waals surface area contributed by atoms with Crippen LogP contribution < -0.4 is 15.4 Å². The Balaban J connectivity index is 2.13. The van der Waals surface area contributed by atoms with Gasteiger partial charge in [0.2, 0.25) is 0 Å². The first-order valence-corrected chi connectivity index (χ1v) is 9.63. The zero-order valence-corrected chi connectivity index (χ0v) is 17.3. The molecule has 0 aliphatic heterocycles. The van der Waals surface area contributed by atoms with Gasteiger partial charge in [-0.3, -0.25) is 19.2 Å². The molecule has 0 saturated heterocycles. The molecule has 162 valence electrons. The average molecular weight is 424 g/mol. The van der Waals surface area contributed by atoms with Gasteiger partial charge < -0.3 is 20.1 Å². The van der Waals surface area contributed by atoms with Gasteiger partial charge in [-0.15, -0.1) is 0 Å². The van der Waals surface area contributed by atoms with Crippen LogP contribution in [0.2, 0.25) is 0 Å². The summed E-state index contributed by atoms with van der Waals surface area (Å²) in [6, 6.07) is 15.0. The molecule has 0 spiro atoms. The molecule has 2 rings (SSSR count). The second-order valence-corrected chi connectivity index (χ2v) is 6.49. The topological polar surface area (TPSA) is 111 Å². The van der Waals surface area contributed by atoms with E-state index in [0.717, 1.165) is 0 Å². The van der Waals surface area contributed by atoms with Gasteiger partial charge in [0, 0.05) is 26.0 Å². The van der Waals surface area contributed by atoms with Crippen molar-refractivity contribution in [3.05, 3.63) is 71.4 Å². The van der Waals surface area contributed by atoms with Gasteiger partial charge in [0.15, 0.2) is 0 Å². The third kappa shape index (κ3) is 8.53. The largest absolute Gasteiger partial charge is 0.466 e. The van der Waals surface area contributed by atoms with Crippen molar-refractivity contribution >= 4 is 29.8 Å². The lowest BCUT2D eigenvalue weighted by Crippen LogP contribution is -2.35. The Morgan fingerprint density at radius 2 is 1.58 bits per heavy atom. The molecule has 2 aromatic carbocycles. The van der Waals surface area contributed by atoms with Crippen molar-refractivity contribution in [2.75, 3.05) is 13.2 Å². The number of carbonyl (C=O) groups is 4. The van der Waals surface area contributed by atoms with Gasteiger partial charge >= 0.3 is 11.9 Å². The summed E-state index contributed by atoms with van der Waals surface area (Å²) in [6.45, 7) is 3.06. The van der Waals surface area contributed by atoms with Crippen LogP contribution in [0.25, 0.3) is 6.08 Å². The summed E-state index contributed by atoms with van der Waals surface area (Å²) >= 11 is 0. The second kappa shape index (κ2) is 11.9. The minimum absolute atomic E-state index is 0.0431. The highest BCUT2D eigenvalue weighted by molar-refractivity contribution is 6.05. The van der Waals surface area contributed by atoms with Gasteiger partial charge in [-0.25, -0.2) is 0 Å². The van der Waals surface area contributed by atoms with Gasteiger partial charge in [0.25, 0.3) is 11.8 Å². The molecule has 0 fully saturated rings. The Hall–Kier alpha value is -3.94. The Kier molecular flexibility index (Phi) is 8.97. The highest BCUT2D eigenvalue weighted by Crippen LogP contribution is 2.15. The van der Waals surface area contributed by atoms with E-state index in [1.807, 2.05) is 0 Å². The molecule has 0 heterocycles. The van der Waals surface area contributed by atoms with Crippen molar-refractivity contribution in [2.45, 2.75) is 20.3 Å². The number of nitrogens with one attached hydrogen (secondary N) is 2. The molecule has 2 N–H and O–H groups in total. The molecule has 2 amide bonds. The summed E-state index contributed by atoms with van der Waals surface area (Å²) in [6.07, 6.45) is 1.95. The molecule has 0 bridgehead atoms. The zero-order chi connectivity index (χ0) is 22.6. The van der Waals surface area contributed by atoms with E-state index in [1.54, 1.807) is 54.6 Å². The molecule has 8 nitrogen and oxygen atoms in total.